The Balaban J connectivity index is 2.05. The third-order valence-electron chi connectivity index (χ3n) is 2.92. The average molecular weight is 250 g/mol. The van der Waals surface area contributed by atoms with Gasteiger partial charge in [0.05, 0.1) is 13.7 Å². The van der Waals surface area contributed by atoms with E-state index in [2.05, 4.69) is 10.6 Å². The highest BCUT2D eigenvalue weighted by molar-refractivity contribution is 5.95. The van der Waals surface area contributed by atoms with Crippen molar-refractivity contribution in [1.82, 2.24) is 5.32 Å². The van der Waals surface area contributed by atoms with Crippen LogP contribution in [0.1, 0.15) is 5.56 Å². The molecule has 18 heavy (non-hydrogen) atoms. The number of amides is 1. The van der Waals surface area contributed by atoms with Crippen LogP contribution < -0.4 is 15.4 Å². The van der Waals surface area contributed by atoms with Crippen LogP contribution in [0, 0.1) is 6.92 Å². The highest BCUT2D eigenvalue weighted by Crippen LogP contribution is 2.22. The van der Waals surface area contributed by atoms with E-state index in [1.165, 1.54) is 0 Å². The summed E-state index contributed by atoms with van der Waals surface area (Å²) in [7, 11) is 1.60. The first-order valence-electron chi connectivity index (χ1n) is 5.98. The van der Waals surface area contributed by atoms with Crippen molar-refractivity contribution in [2.24, 2.45) is 0 Å². The first-order valence-corrected chi connectivity index (χ1v) is 5.98. The van der Waals surface area contributed by atoms with Crippen molar-refractivity contribution in [1.29, 1.82) is 0 Å². The molecule has 2 N–H and O–H groups in total. The summed E-state index contributed by atoms with van der Waals surface area (Å²) in [6.07, 6.45) is -0.427. The van der Waals surface area contributed by atoms with Crippen LogP contribution in [0.3, 0.4) is 0 Å². The van der Waals surface area contributed by atoms with E-state index in [9.17, 15) is 4.79 Å². The van der Waals surface area contributed by atoms with Crippen molar-refractivity contribution in [2.75, 3.05) is 32.1 Å². The monoisotopic (exact) mass is 250 g/mol. The maximum Gasteiger partial charge on any atom is 0.254 e. The standard InChI is InChI=1S/C13H18N2O3/c1-9-3-4-10(17-2)7-11(9)15-13(16)12-8-14-5-6-18-12/h3-4,7,12,14H,5-6,8H2,1-2H3,(H,15,16). The zero-order valence-electron chi connectivity index (χ0n) is 10.7. The van der Waals surface area contributed by atoms with Gasteiger partial charge >= 0.3 is 0 Å². The normalized spacial score (nSPS) is 19.3. The molecule has 1 aliphatic rings. The van der Waals surface area contributed by atoms with Crippen molar-refractivity contribution in [3.63, 3.8) is 0 Å². The van der Waals surface area contributed by atoms with Gasteiger partial charge < -0.3 is 20.1 Å². The van der Waals surface area contributed by atoms with E-state index in [0.717, 1.165) is 23.5 Å². The lowest BCUT2D eigenvalue weighted by molar-refractivity contribution is -0.128. The molecule has 0 spiro atoms. The minimum absolute atomic E-state index is 0.126. The maximum absolute atomic E-state index is 12.0. The first kappa shape index (κ1) is 12.9. The molecule has 0 bridgehead atoms. The Labute approximate surface area is 106 Å². The Hall–Kier alpha value is -1.59. The van der Waals surface area contributed by atoms with E-state index in [4.69, 9.17) is 9.47 Å². The summed E-state index contributed by atoms with van der Waals surface area (Å²) in [5.41, 5.74) is 1.75. The molecule has 98 valence electrons. The first-order chi connectivity index (χ1) is 8.70. The highest BCUT2D eigenvalue weighted by atomic mass is 16.5. The number of benzene rings is 1. The van der Waals surface area contributed by atoms with Gasteiger partial charge in [0.1, 0.15) is 11.9 Å². The summed E-state index contributed by atoms with van der Waals surface area (Å²) in [5, 5.41) is 6.00. The van der Waals surface area contributed by atoms with E-state index in [0.29, 0.717) is 13.2 Å². The Kier molecular flexibility index (Phi) is 4.17. The minimum atomic E-state index is -0.427. The van der Waals surface area contributed by atoms with Crippen LogP contribution in [0.15, 0.2) is 18.2 Å². The van der Waals surface area contributed by atoms with Gasteiger partial charge in [-0.2, -0.15) is 0 Å². The maximum atomic E-state index is 12.0. The summed E-state index contributed by atoms with van der Waals surface area (Å²) >= 11 is 0. The van der Waals surface area contributed by atoms with Crippen LogP contribution in [0.4, 0.5) is 5.69 Å². The predicted octanol–water partition coefficient (Wildman–Crippen LogP) is 0.931. The molecule has 1 heterocycles. The molecule has 0 saturated carbocycles. The number of nitrogens with one attached hydrogen (secondary N) is 2. The average Bonchev–Trinajstić information content (AvgIpc) is 2.42. The van der Waals surface area contributed by atoms with Gasteiger partial charge in [-0.3, -0.25) is 4.79 Å². The quantitative estimate of drug-likeness (QED) is 0.838. The number of hydrogen-bond acceptors (Lipinski definition) is 4. The Morgan fingerprint density at radius 2 is 2.39 bits per heavy atom. The van der Waals surface area contributed by atoms with Crippen molar-refractivity contribution < 1.29 is 14.3 Å². The number of ether oxygens (including phenoxy) is 2. The van der Waals surface area contributed by atoms with Gasteiger partial charge in [-0.05, 0) is 18.6 Å². The SMILES string of the molecule is COc1ccc(C)c(NC(=O)C2CNCCO2)c1. The molecule has 1 aliphatic heterocycles. The number of anilines is 1. The summed E-state index contributed by atoms with van der Waals surface area (Å²) in [5.74, 6) is 0.595. The molecule has 1 atom stereocenters. The van der Waals surface area contributed by atoms with Crippen molar-refractivity contribution in [3.05, 3.63) is 23.8 Å². The molecule has 0 aliphatic carbocycles. The third kappa shape index (κ3) is 3.00. The van der Waals surface area contributed by atoms with Crippen molar-refractivity contribution in [3.8, 4) is 5.75 Å². The number of morpholine rings is 1. The molecule has 5 nitrogen and oxygen atoms in total. The van der Waals surface area contributed by atoms with E-state index in [1.54, 1.807) is 7.11 Å². The van der Waals surface area contributed by atoms with Crippen molar-refractivity contribution >= 4 is 11.6 Å². The lowest BCUT2D eigenvalue weighted by atomic mass is 10.2. The highest BCUT2D eigenvalue weighted by Gasteiger charge is 2.22. The molecule has 1 amide bonds. The van der Waals surface area contributed by atoms with E-state index >= 15 is 0 Å². The molecule has 1 aromatic carbocycles. The molecule has 1 fully saturated rings. The number of carbonyl (C=O) groups excluding carboxylic acids is 1. The number of hydrogen-bond donors (Lipinski definition) is 2. The fourth-order valence-electron chi connectivity index (χ4n) is 1.81. The van der Waals surface area contributed by atoms with Gasteiger partial charge in [0.2, 0.25) is 0 Å². The lowest BCUT2D eigenvalue weighted by Crippen LogP contribution is -2.45. The molecule has 5 heteroatoms. The molecule has 1 saturated heterocycles. The molecule has 1 aromatic rings. The second-order valence-corrected chi connectivity index (χ2v) is 4.23. The Bertz CT molecular complexity index is 428. The zero-order chi connectivity index (χ0) is 13.0. The van der Waals surface area contributed by atoms with Gasteiger partial charge in [-0.1, -0.05) is 6.07 Å². The fourth-order valence-corrected chi connectivity index (χ4v) is 1.81. The van der Waals surface area contributed by atoms with Gasteiger partial charge in [0, 0.05) is 24.8 Å². The smallest absolute Gasteiger partial charge is 0.254 e. The van der Waals surface area contributed by atoms with Gasteiger partial charge in [0.25, 0.3) is 5.91 Å². The second-order valence-electron chi connectivity index (χ2n) is 4.23. The molecule has 1 unspecified atom stereocenters. The molecule has 2 rings (SSSR count). The fraction of sp³-hybridized carbons (Fsp3) is 0.462. The molecule has 0 aromatic heterocycles. The summed E-state index contributed by atoms with van der Waals surface area (Å²) in [4.78, 5) is 12.0. The van der Waals surface area contributed by atoms with E-state index in [-0.39, 0.29) is 5.91 Å². The van der Waals surface area contributed by atoms with Crippen LogP contribution in [-0.4, -0.2) is 38.8 Å². The van der Waals surface area contributed by atoms with E-state index in [1.807, 2.05) is 25.1 Å². The molecule has 0 radical (unpaired) electrons. The Morgan fingerprint density at radius 3 is 3.06 bits per heavy atom. The minimum Gasteiger partial charge on any atom is -0.497 e. The van der Waals surface area contributed by atoms with Gasteiger partial charge in [0.15, 0.2) is 0 Å². The topological polar surface area (TPSA) is 59.6 Å². The van der Waals surface area contributed by atoms with Crippen LogP contribution in [0.25, 0.3) is 0 Å². The summed E-state index contributed by atoms with van der Waals surface area (Å²) in [6.45, 7) is 3.85. The van der Waals surface area contributed by atoms with Crippen LogP contribution in [-0.2, 0) is 9.53 Å². The molecular weight excluding hydrogens is 232 g/mol. The van der Waals surface area contributed by atoms with Crippen molar-refractivity contribution in [2.45, 2.75) is 13.0 Å². The van der Waals surface area contributed by atoms with Crippen LogP contribution in [0.2, 0.25) is 0 Å². The van der Waals surface area contributed by atoms with Crippen LogP contribution in [0.5, 0.6) is 5.75 Å². The second kappa shape index (κ2) is 5.84. The van der Waals surface area contributed by atoms with Gasteiger partial charge in [-0.15, -0.1) is 0 Å². The number of methoxy groups -OCH3 is 1. The number of carbonyl (C=O) groups is 1. The van der Waals surface area contributed by atoms with Gasteiger partial charge in [-0.25, -0.2) is 0 Å². The molecular formula is C13H18N2O3. The Morgan fingerprint density at radius 1 is 1.56 bits per heavy atom. The summed E-state index contributed by atoms with van der Waals surface area (Å²) < 4.78 is 10.5. The predicted molar refractivity (Wildman–Crippen MR) is 69.0 cm³/mol. The van der Waals surface area contributed by atoms with E-state index < -0.39 is 6.10 Å². The third-order valence-corrected chi connectivity index (χ3v) is 2.92. The zero-order valence-corrected chi connectivity index (χ0v) is 10.7. The van der Waals surface area contributed by atoms with Crippen LogP contribution >= 0.6 is 0 Å². The largest absolute Gasteiger partial charge is 0.497 e. The number of aryl methyl sites for hydroxylation is 1. The summed E-state index contributed by atoms with van der Waals surface area (Å²) in [6, 6.07) is 5.58. The number of rotatable bonds is 3. The lowest BCUT2D eigenvalue weighted by Gasteiger charge is -2.23.